The van der Waals surface area contributed by atoms with Gasteiger partial charge in [0.15, 0.2) is 0 Å². The first-order valence-corrected chi connectivity index (χ1v) is 8.06. The normalized spacial score (nSPS) is 36.3. The summed E-state index contributed by atoms with van der Waals surface area (Å²) in [4.78, 5) is 2.49. The molecule has 0 spiro atoms. The van der Waals surface area contributed by atoms with E-state index in [9.17, 15) is 0 Å². The van der Waals surface area contributed by atoms with Crippen LogP contribution in [0.1, 0.15) is 47.0 Å². The average Bonchev–Trinajstić information content (AvgIpc) is 2.34. The Kier molecular flexibility index (Phi) is 5.27. The Bertz CT molecular complexity index is 280. The molecule has 0 aromatic heterocycles. The first-order chi connectivity index (χ1) is 8.98. The number of hydrogen-bond acceptors (Lipinski definition) is 3. The van der Waals surface area contributed by atoms with E-state index in [1.54, 1.807) is 0 Å². The third-order valence-electron chi connectivity index (χ3n) is 4.69. The van der Waals surface area contributed by atoms with Gasteiger partial charge in [-0.2, -0.15) is 0 Å². The molecule has 19 heavy (non-hydrogen) atoms. The zero-order chi connectivity index (χ0) is 13.9. The lowest BCUT2D eigenvalue weighted by atomic mass is 9.70. The van der Waals surface area contributed by atoms with Gasteiger partial charge in [-0.25, -0.2) is 0 Å². The van der Waals surface area contributed by atoms with Crippen LogP contribution in [0.5, 0.6) is 0 Å². The summed E-state index contributed by atoms with van der Waals surface area (Å²) in [6.45, 7) is 14.7. The molecule has 2 fully saturated rings. The number of nitrogens with zero attached hydrogens (tertiary/aromatic N) is 1. The van der Waals surface area contributed by atoms with Crippen molar-refractivity contribution in [2.45, 2.75) is 59.1 Å². The molecule has 2 rings (SSSR count). The fraction of sp³-hybridized carbons (Fsp3) is 1.00. The highest BCUT2D eigenvalue weighted by molar-refractivity contribution is 4.87. The van der Waals surface area contributed by atoms with Crippen molar-refractivity contribution in [3.8, 4) is 0 Å². The van der Waals surface area contributed by atoms with Crippen LogP contribution in [0.15, 0.2) is 0 Å². The Morgan fingerprint density at radius 1 is 1.32 bits per heavy atom. The van der Waals surface area contributed by atoms with E-state index in [0.717, 1.165) is 38.7 Å². The van der Waals surface area contributed by atoms with Gasteiger partial charge in [0.25, 0.3) is 0 Å². The maximum Gasteiger partial charge on any atom is 0.0826 e. The van der Waals surface area contributed by atoms with Crippen molar-refractivity contribution in [3.63, 3.8) is 0 Å². The summed E-state index contributed by atoms with van der Waals surface area (Å²) in [6.07, 6.45) is 4.39. The Balaban J connectivity index is 1.75. The first-order valence-electron chi connectivity index (χ1n) is 8.06. The molecule has 1 heterocycles. The second-order valence-electron chi connectivity index (χ2n) is 7.40. The molecule has 0 amide bonds. The molecule has 3 atom stereocenters. The van der Waals surface area contributed by atoms with Crippen molar-refractivity contribution in [3.05, 3.63) is 0 Å². The second-order valence-corrected chi connectivity index (χ2v) is 7.40. The lowest BCUT2D eigenvalue weighted by Gasteiger charge is -2.40. The number of likely N-dealkylation sites (N-methyl/N-ethyl adjacent to an activating group) is 1. The molecule has 0 bridgehead atoms. The summed E-state index contributed by atoms with van der Waals surface area (Å²) in [5.74, 6) is 0.848. The molecular formula is C16H32N2O. The minimum Gasteiger partial charge on any atom is -0.374 e. The summed E-state index contributed by atoms with van der Waals surface area (Å²) in [7, 11) is 0. The average molecular weight is 268 g/mol. The summed E-state index contributed by atoms with van der Waals surface area (Å²) in [5, 5.41) is 3.77. The predicted octanol–water partition coefficient (Wildman–Crippen LogP) is 2.51. The topological polar surface area (TPSA) is 24.5 Å². The molecule has 0 aromatic rings. The zero-order valence-corrected chi connectivity index (χ0v) is 13.2. The van der Waals surface area contributed by atoms with Crippen molar-refractivity contribution >= 4 is 0 Å². The van der Waals surface area contributed by atoms with Gasteiger partial charge in [0.1, 0.15) is 0 Å². The Labute approximate surface area is 119 Å². The van der Waals surface area contributed by atoms with Gasteiger partial charge < -0.3 is 10.1 Å². The SMILES string of the molecule is CCN1CCOC(CNC2CC(C)CC(C)(C)C2)C1. The van der Waals surface area contributed by atoms with E-state index in [4.69, 9.17) is 4.74 Å². The van der Waals surface area contributed by atoms with Crippen LogP contribution in [-0.2, 0) is 4.74 Å². The number of rotatable bonds is 4. The van der Waals surface area contributed by atoms with E-state index in [-0.39, 0.29) is 0 Å². The van der Waals surface area contributed by atoms with Crippen molar-refractivity contribution in [2.75, 3.05) is 32.8 Å². The highest BCUT2D eigenvalue weighted by atomic mass is 16.5. The molecule has 3 nitrogen and oxygen atoms in total. The summed E-state index contributed by atoms with van der Waals surface area (Å²) in [6, 6.07) is 0.680. The van der Waals surface area contributed by atoms with Crippen LogP contribution in [0.25, 0.3) is 0 Å². The van der Waals surface area contributed by atoms with Crippen LogP contribution in [0, 0.1) is 11.3 Å². The van der Waals surface area contributed by atoms with E-state index in [2.05, 4.69) is 37.9 Å². The van der Waals surface area contributed by atoms with E-state index in [1.807, 2.05) is 0 Å². The third-order valence-corrected chi connectivity index (χ3v) is 4.69. The van der Waals surface area contributed by atoms with Crippen molar-refractivity contribution in [2.24, 2.45) is 11.3 Å². The zero-order valence-electron chi connectivity index (χ0n) is 13.2. The first kappa shape index (κ1) is 15.3. The van der Waals surface area contributed by atoms with Crippen LogP contribution in [0.3, 0.4) is 0 Å². The minimum atomic E-state index is 0.383. The van der Waals surface area contributed by atoms with Crippen LogP contribution in [0.2, 0.25) is 0 Å². The van der Waals surface area contributed by atoms with Crippen LogP contribution in [-0.4, -0.2) is 49.8 Å². The molecule has 1 saturated carbocycles. The van der Waals surface area contributed by atoms with Crippen molar-refractivity contribution in [1.82, 2.24) is 10.2 Å². The predicted molar refractivity (Wildman–Crippen MR) is 80.4 cm³/mol. The molecule has 0 radical (unpaired) electrons. The molecule has 1 saturated heterocycles. The van der Waals surface area contributed by atoms with Gasteiger partial charge in [-0.05, 0) is 37.1 Å². The van der Waals surface area contributed by atoms with E-state index in [1.165, 1.54) is 19.3 Å². The summed E-state index contributed by atoms with van der Waals surface area (Å²) >= 11 is 0. The van der Waals surface area contributed by atoms with Gasteiger partial charge >= 0.3 is 0 Å². The minimum absolute atomic E-state index is 0.383. The molecule has 112 valence electrons. The Morgan fingerprint density at radius 3 is 2.79 bits per heavy atom. The highest BCUT2D eigenvalue weighted by Crippen LogP contribution is 2.38. The fourth-order valence-corrected chi connectivity index (χ4v) is 3.99. The van der Waals surface area contributed by atoms with E-state index >= 15 is 0 Å². The van der Waals surface area contributed by atoms with Gasteiger partial charge in [0, 0.05) is 25.7 Å². The standard InChI is InChI=1S/C16H32N2O/c1-5-18-6-7-19-15(12-18)11-17-14-8-13(2)9-16(3,4)10-14/h13-15,17H,5-12H2,1-4H3. The molecule has 1 aliphatic carbocycles. The molecule has 2 aliphatic rings. The van der Waals surface area contributed by atoms with Gasteiger partial charge in [-0.3, -0.25) is 4.90 Å². The third kappa shape index (κ3) is 4.73. The number of hydrogen-bond donors (Lipinski definition) is 1. The van der Waals surface area contributed by atoms with Gasteiger partial charge in [-0.1, -0.05) is 27.7 Å². The summed E-state index contributed by atoms with van der Waals surface area (Å²) < 4.78 is 5.88. The fourth-order valence-electron chi connectivity index (χ4n) is 3.99. The van der Waals surface area contributed by atoms with Gasteiger partial charge in [0.05, 0.1) is 12.7 Å². The van der Waals surface area contributed by atoms with E-state index < -0.39 is 0 Å². The highest BCUT2D eigenvalue weighted by Gasteiger charge is 2.32. The maximum absolute atomic E-state index is 5.88. The quantitative estimate of drug-likeness (QED) is 0.848. The van der Waals surface area contributed by atoms with E-state index in [0.29, 0.717) is 17.6 Å². The molecule has 1 aliphatic heterocycles. The second kappa shape index (κ2) is 6.55. The van der Waals surface area contributed by atoms with Gasteiger partial charge in [0.2, 0.25) is 0 Å². The van der Waals surface area contributed by atoms with Gasteiger partial charge in [-0.15, -0.1) is 0 Å². The Hall–Kier alpha value is -0.120. The lowest BCUT2D eigenvalue weighted by molar-refractivity contribution is -0.0280. The number of nitrogens with one attached hydrogen (secondary N) is 1. The smallest absolute Gasteiger partial charge is 0.0826 e. The monoisotopic (exact) mass is 268 g/mol. The summed E-state index contributed by atoms with van der Waals surface area (Å²) in [5.41, 5.74) is 0.498. The maximum atomic E-state index is 5.88. The van der Waals surface area contributed by atoms with Crippen LogP contribution in [0.4, 0.5) is 0 Å². The molecule has 0 aromatic carbocycles. The number of ether oxygens (including phenoxy) is 1. The molecule has 3 heteroatoms. The molecule has 3 unspecified atom stereocenters. The molecular weight excluding hydrogens is 236 g/mol. The lowest BCUT2D eigenvalue weighted by Crippen LogP contribution is -2.49. The van der Waals surface area contributed by atoms with Crippen molar-refractivity contribution in [1.29, 1.82) is 0 Å². The van der Waals surface area contributed by atoms with Crippen LogP contribution < -0.4 is 5.32 Å². The molecule has 1 N–H and O–H groups in total. The Morgan fingerprint density at radius 2 is 2.11 bits per heavy atom. The van der Waals surface area contributed by atoms with Crippen molar-refractivity contribution < 1.29 is 4.74 Å². The number of morpholine rings is 1. The van der Waals surface area contributed by atoms with Crippen LogP contribution >= 0.6 is 0 Å². The largest absolute Gasteiger partial charge is 0.374 e.